The summed E-state index contributed by atoms with van der Waals surface area (Å²) in [6.45, 7) is 14.0. The van der Waals surface area contributed by atoms with Gasteiger partial charge in [0.15, 0.2) is 36.6 Å². The van der Waals surface area contributed by atoms with E-state index >= 15 is 0 Å². The van der Waals surface area contributed by atoms with Gasteiger partial charge < -0.3 is 90.4 Å². The average molecular weight is 1870 g/mol. The molecule has 0 radical (unpaired) electrons. The molecule has 9 unspecified atom stereocenters. The van der Waals surface area contributed by atoms with E-state index in [2.05, 4.69) is 0 Å². The Labute approximate surface area is 744 Å². The maximum Gasteiger partial charge on any atom is 0.347 e. The van der Waals surface area contributed by atoms with Gasteiger partial charge in [0.05, 0.1) is 82.4 Å². The standard InChI is InChI=1S/3C22H24N2O11.C10H16Cl2O5.C3H5ClO2/c3*1-15(34-19-7-3-17(4-8-19)23(27)28)21(25)32-13-11-31-12-14-33-22(26)16(2)35-20-9-5-18(6-10-20)24(29)30;1-7(11)9(13)16-5-3-15-4-6-17-10(14)8(2)12;1-2(4)3(5)6/h3*3-10,15-16H,11-14H2,1-2H3;7-8H,3-6H2,1-2H3;2H,1H3,(H,5,6). The van der Waals surface area contributed by atoms with Crippen LogP contribution in [0.1, 0.15) is 62.3 Å². The molecule has 1 N–H and O–H groups in total. The van der Waals surface area contributed by atoms with E-state index in [0.717, 1.165) is 0 Å². The van der Waals surface area contributed by atoms with Crippen LogP contribution < -0.4 is 28.4 Å². The second kappa shape index (κ2) is 61.7. The zero-order chi connectivity index (χ0) is 95.8. The SMILES string of the molecule is CC(Cl)C(=O)O.CC(Cl)C(=O)OCCOCCOC(=O)C(C)Cl.CC(Oc1ccc([N+](=O)[O-])cc1)C(=O)OCCOCCOC(=O)C(C)Oc1ccc([N+](=O)[O-])cc1.CC(Oc1ccc([N+](=O)[O-])cc1)C(=O)OCCOCCOC(=O)C(C)Oc1ccc([N+](=O)[O-])cc1.CC(Oc1ccc([N+](=O)[O-])cc1)C(=O)OCCOCCOC(=O)C(C)Oc1ccc([N+](=O)[O-])cc1. The zero-order valence-corrected chi connectivity index (χ0v) is 72.3. The monoisotopic (exact) mass is 1870 g/mol. The Morgan fingerprint density at radius 1 is 0.234 bits per heavy atom. The van der Waals surface area contributed by atoms with Gasteiger partial charge in [-0.1, -0.05) is 0 Å². The molecule has 0 amide bonds. The van der Waals surface area contributed by atoms with Crippen LogP contribution in [0.15, 0.2) is 146 Å². The van der Waals surface area contributed by atoms with Crippen molar-refractivity contribution in [1.29, 1.82) is 0 Å². The molecule has 700 valence electrons. The molecule has 0 spiro atoms. The third kappa shape index (κ3) is 48.1. The number of benzene rings is 6. The molecule has 6 rings (SSSR count). The van der Waals surface area contributed by atoms with E-state index in [-0.39, 0.29) is 174 Å². The fourth-order valence-corrected chi connectivity index (χ4v) is 8.47. The first kappa shape index (κ1) is 111. The van der Waals surface area contributed by atoms with Crippen molar-refractivity contribution < 1.29 is 163 Å². The van der Waals surface area contributed by atoms with Gasteiger partial charge in [-0.3, -0.25) is 75.1 Å². The molecule has 46 nitrogen and oxygen atoms in total. The van der Waals surface area contributed by atoms with Gasteiger partial charge in [0.2, 0.25) is 0 Å². The number of hydrogen-bond acceptors (Lipinski definition) is 39. The highest BCUT2D eigenvalue weighted by Gasteiger charge is 2.24. The minimum absolute atomic E-state index is 0.0552. The number of esters is 8. The van der Waals surface area contributed by atoms with E-state index < -0.39 is 136 Å². The van der Waals surface area contributed by atoms with Crippen molar-refractivity contribution in [2.75, 3.05) is 106 Å². The van der Waals surface area contributed by atoms with E-state index in [1.165, 1.54) is 208 Å². The molecule has 0 aromatic heterocycles. The number of nitrogens with zero attached hydrogens (tertiary/aromatic N) is 6. The number of halogens is 3. The molecule has 6 aromatic rings. The number of hydrogen-bond donors (Lipinski definition) is 1. The summed E-state index contributed by atoms with van der Waals surface area (Å²) < 4.78 is 92.7. The predicted octanol–water partition coefficient (Wildman–Crippen LogP) is 10.6. The number of carbonyl (C=O) groups excluding carboxylic acids is 8. The molecule has 0 fully saturated rings. The summed E-state index contributed by atoms with van der Waals surface area (Å²) in [5.74, 6) is -4.12. The van der Waals surface area contributed by atoms with Crippen LogP contribution in [0.2, 0.25) is 0 Å². The van der Waals surface area contributed by atoms with Crippen molar-refractivity contribution in [2.24, 2.45) is 0 Å². The summed E-state index contributed by atoms with van der Waals surface area (Å²) in [7, 11) is 0. The lowest BCUT2D eigenvalue weighted by molar-refractivity contribution is -0.385. The van der Waals surface area contributed by atoms with Gasteiger partial charge in [-0.15, -0.1) is 34.8 Å². The molecule has 0 heterocycles. The molecule has 0 bridgehead atoms. The number of ether oxygens (including phenoxy) is 18. The summed E-state index contributed by atoms with van der Waals surface area (Å²) in [6, 6.07) is 31.7. The van der Waals surface area contributed by atoms with E-state index in [4.69, 9.17) is 125 Å². The lowest BCUT2D eigenvalue weighted by Crippen LogP contribution is -2.28. The molecule has 9 atom stereocenters. The molecule has 0 aliphatic carbocycles. The van der Waals surface area contributed by atoms with Gasteiger partial charge in [0.25, 0.3) is 34.1 Å². The van der Waals surface area contributed by atoms with Gasteiger partial charge in [-0.05, 0) is 135 Å². The molecule has 49 heteroatoms. The summed E-state index contributed by atoms with van der Waals surface area (Å²) >= 11 is 16.0. The first-order valence-corrected chi connectivity index (χ1v) is 39.2. The molecule has 0 saturated heterocycles. The molecule has 0 aliphatic rings. The molecular weight excluding hydrogens is 1780 g/mol. The summed E-state index contributed by atoms with van der Waals surface area (Å²) in [6.07, 6.45) is -5.61. The fourth-order valence-electron chi connectivity index (χ4n) is 8.34. The number of carboxylic acid groups (broad SMARTS) is 1. The maximum absolute atomic E-state index is 12.0. The Morgan fingerprint density at radius 2 is 0.352 bits per heavy atom. The van der Waals surface area contributed by atoms with Crippen molar-refractivity contribution >= 4 is 123 Å². The van der Waals surface area contributed by atoms with E-state index in [1.807, 2.05) is 0 Å². The van der Waals surface area contributed by atoms with Crippen LogP contribution in [0.5, 0.6) is 34.5 Å². The number of alkyl halides is 3. The number of non-ortho nitro benzene ring substituents is 6. The van der Waals surface area contributed by atoms with Crippen LogP contribution in [-0.4, -0.2) is 247 Å². The zero-order valence-electron chi connectivity index (χ0n) is 70.1. The minimum Gasteiger partial charge on any atom is -0.480 e. The number of rotatable bonds is 51. The summed E-state index contributed by atoms with van der Waals surface area (Å²) in [5, 5.41) is 69.6. The lowest BCUT2D eigenvalue weighted by Gasteiger charge is -2.15. The van der Waals surface area contributed by atoms with E-state index in [1.54, 1.807) is 0 Å². The van der Waals surface area contributed by atoms with Gasteiger partial charge >= 0.3 is 53.7 Å². The Morgan fingerprint density at radius 3 is 0.453 bits per heavy atom. The van der Waals surface area contributed by atoms with Crippen molar-refractivity contribution in [2.45, 2.75) is 115 Å². The number of nitro benzene ring substituents is 6. The third-order valence-electron chi connectivity index (χ3n) is 14.9. The van der Waals surface area contributed by atoms with Gasteiger partial charge in [0.1, 0.15) is 103 Å². The third-order valence-corrected chi connectivity index (χ3v) is 15.5. The van der Waals surface area contributed by atoms with Crippen molar-refractivity contribution in [3.05, 3.63) is 206 Å². The van der Waals surface area contributed by atoms with Crippen LogP contribution in [-0.2, 0) is 100.0 Å². The normalized spacial score (nSPS) is 12.5. The highest BCUT2D eigenvalue weighted by atomic mass is 35.5. The molecule has 128 heavy (non-hydrogen) atoms. The largest absolute Gasteiger partial charge is 0.480 e. The summed E-state index contributed by atoms with van der Waals surface area (Å²) in [4.78, 5) is 164. The van der Waals surface area contributed by atoms with Crippen molar-refractivity contribution in [3.63, 3.8) is 0 Å². The Balaban J connectivity index is 0.000000579. The van der Waals surface area contributed by atoms with Crippen LogP contribution in [0.3, 0.4) is 0 Å². The lowest BCUT2D eigenvalue weighted by atomic mass is 10.3. The van der Waals surface area contributed by atoms with Gasteiger partial charge in [-0.25, -0.2) is 28.8 Å². The Kier molecular flexibility index (Phi) is 53.3. The van der Waals surface area contributed by atoms with Gasteiger partial charge in [-0.2, -0.15) is 0 Å². The molecule has 0 saturated carbocycles. The first-order valence-electron chi connectivity index (χ1n) is 37.9. The Bertz CT molecular complexity index is 3820. The van der Waals surface area contributed by atoms with Crippen LogP contribution in [0, 0.1) is 60.7 Å². The molecule has 0 aliphatic heterocycles. The molecule has 6 aromatic carbocycles. The van der Waals surface area contributed by atoms with Crippen LogP contribution in [0.4, 0.5) is 34.1 Å². The first-order chi connectivity index (χ1) is 60.6. The quantitative estimate of drug-likeness (QED) is 0.00925. The average Bonchev–Trinajstić information content (AvgIpc) is 0.908. The summed E-state index contributed by atoms with van der Waals surface area (Å²) in [5.41, 5.74) is -0.573. The van der Waals surface area contributed by atoms with Crippen molar-refractivity contribution in [1.82, 2.24) is 0 Å². The number of carbonyl (C=O) groups is 9. The second-order valence-electron chi connectivity index (χ2n) is 25.0. The number of carboxylic acids is 1. The topological polar surface area (TPSA) is 599 Å². The van der Waals surface area contributed by atoms with Crippen LogP contribution >= 0.6 is 34.8 Å². The van der Waals surface area contributed by atoms with Crippen LogP contribution in [0.25, 0.3) is 0 Å². The number of nitro groups is 6. The predicted molar refractivity (Wildman–Crippen MR) is 444 cm³/mol. The number of aliphatic carboxylic acids is 1. The maximum atomic E-state index is 12.0. The van der Waals surface area contributed by atoms with Crippen molar-refractivity contribution in [3.8, 4) is 34.5 Å². The van der Waals surface area contributed by atoms with Gasteiger partial charge in [0, 0.05) is 72.8 Å². The smallest absolute Gasteiger partial charge is 0.347 e. The Hall–Kier alpha value is -13.5. The van der Waals surface area contributed by atoms with E-state index in [0.29, 0.717) is 0 Å². The fraction of sp³-hybridized carbons (Fsp3) is 0.430. The van der Waals surface area contributed by atoms with E-state index in [9.17, 15) is 104 Å². The molecular formula is C79H93Cl3N6O40. The highest BCUT2D eigenvalue weighted by Crippen LogP contribution is 2.25. The minimum atomic E-state index is -0.975. The highest BCUT2D eigenvalue weighted by molar-refractivity contribution is 6.30. The second-order valence-corrected chi connectivity index (χ2v) is 27.0.